The van der Waals surface area contributed by atoms with E-state index in [0.29, 0.717) is 0 Å². The Morgan fingerprint density at radius 3 is 2.86 bits per heavy atom. The van der Waals surface area contributed by atoms with Crippen molar-refractivity contribution in [1.82, 2.24) is 0 Å². The van der Waals surface area contributed by atoms with Gasteiger partial charge in [-0.05, 0) is 48.1 Å². The summed E-state index contributed by atoms with van der Waals surface area (Å²) in [5, 5.41) is 4.70. The molecule has 1 aromatic carbocycles. The van der Waals surface area contributed by atoms with Crippen LogP contribution in [0.25, 0.3) is 0 Å². The number of carbonyl (C=O) groups excluding carboxylic acids is 2. The first-order valence-corrected chi connectivity index (χ1v) is 7.79. The van der Waals surface area contributed by atoms with E-state index in [1.54, 1.807) is 0 Å². The molecule has 0 bridgehead atoms. The molecule has 0 fully saturated rings. The molecule has 1 aliphatic rings. The number of hydrogen-bond donors (Lipinski definition) is 1. The Morgan fingerprint density at radius 1 is 1.29 bits per heavy atom. The average Bonchev–Trinajstić information content (AvgIpc) is 2.99. The standard InChI is InChI=1S/C16H16N2O2S/c1-11(19)17-13-6-7-14-12(10-13)4-2-8-18(14)16(20)15-5-3-9-21-15/h3,5-7,9-10H,2,4,8H2,1H3,(H,17,19). The summed E-state index contributed by atoms with van der Waals surface area (Å²) in [5.41, 5.74) is 2.85. The molecular weight excluding hydrogens is 284 g/mol. The van der Waals surface area contributed by atoms with Gasteiger partial charge in [0.15, 0.2) is 0 Å². The molecule has 0 spiro atoms. The number of aryl methyl sites for hydroxylation is 1. The molecule has 0 atom stereocenters. The van der Waals surface area contributed by atoms with Gasteiger partial charge < -0.3 is 10.2 Å². The van der Waals surface area contributed by atoms with Gasteiger partial charge in [-0.2, -0.15) is 0 Å². The fourth-order valence-electron chi connectivity index (χ4n) is 2.62. The lowest BCUT2D eigenvalue weighted by Crippen LogP contribution is -2.35. The lowest BCUT2D eigenvalue weighted by molar-refractivity contribution is -0.114. The highest BCUT2D eigenvalue weighted by Crippen LogP contribution is 2.31. The molecule has 2 heterocycles. The summed E-state index contributed by atoms with van der Waals surface area (Å²) in [4.78, 5) is 26.3. The third kappa shape index (κ3) is 2.83. The molecule has 2 aromatic rings. The highest BCUT2D eigenvalue weighted by atomic mass is 32.1. The third-order valence-corrected chi connectivity index (χ3v) is 4.35. The van der Waals surface area contributed by atoms with Gasteiger partial charge in [-0.3, -0.25) is 9.59 Å². The van der Waals surface area contributed by atoms with Gasteiger partial charge in [0.25, 0.3) is 5.91 Å². The van der Waals surface area contributed by atoms with Gasteiger partial charge in [0.05, 0.1) is 4.88 Å². The molecule has 3 rings (SSSR count). The van der Waals surface area contributed by atoms with Crippen LogP contribution in [0.4, 0.5) is 11.4 Å². The Labute approximate surface area is 127 Å². The number of rotatable bonds is 2. The molecule has 0 saturated carbocycles. The van der Waals surface area contributed by atoms with Crippen molar-refractivity contribution >= 4 is 34.5 Å². The van der Waals surface area contributed by atoms with Crippen molar-refractivity contribution in [3.8, 4) is 0 Å². The van der Waals surface area contributed by atoms with Crippen LogP contribution < -0.4 is 10.2 Å². The zero-order chi connectivity index (χ0) is 14.8. The second-order valence-corrected chi connectivity index (χ2v) is 6.01. The summed E-state index contributed by atoms with van der Waals surface area (Å²) in [7, 11) is 0. The van der Waals surface area contributed by atoms with Crippen LogP contribution in [0.1, 0.15) is 28.6 Å². The van der Waals surface area contributed by atoms with Gasteiger partial charge in [-0.15, -0.1) is 11.3 Å². The summed E-state index contributed by atoms with van der Waals surface area (Å²) in [5.74, 6) is -0.0319. The number of fused-ring (bicyclic) bond motifs is 1. The van der Waals surface area contributed by atoms with Gasteiger partial charge in [0.1, 0.15) is 0 Å². The third-order valence-electron chi connectivity index (χ3n) is 3.50. The second kappa shape index (κ2) is 5.69. The first kappa shape index (κ1) is 13.8. The van der Waals surface area contributed by atoms with Crippen LogP contribution in [0.3, 0.4) is 0 Å². The zero-order valence-corrected chi connectivity index (χ0v) is 12.6. The van der Waals surface area contributed by atoms with E-state index in [1.807, 2.05) is 40.6 Å². The van der Waals surface area contributed by atoms with Crippen LogP contribution in [0.15, 0.2) is 35.7 Å². The van der Waals surface area contributed by atoms with E-state index in [1.165, 1.54) is 18.3 Å². The quantitative estimate of drug-likeness (QED) is 0.925. The van der Waals surface area contributed by atoms with Crippen LogP contribution >= 0.6 is 11.3 Å². The first-order valence-electron chi connectivity index (χ1n) is 6.91. The molecule has 1 aliphatic heterocycles. The number of carbonyl (C=O) groups is 2. The van der Waals surface area contributed by atoms with E-state index >= 15 is 0 Å². The minimum absolute atomic E-state index is 0.0539. The summed E-state index contributed by atoms with van der Waals surface area (Å²) >= 11 is 1.46. The van der Waals surface area contributed by atoms with Crippen molar-refractivity contribution in [2.75, 3.05) is 16.8 Å². The normalized spacial score (nSPS) is 13.7. The largest absolute Gasteiger partial charge is 0.326 e. The van der Waals surface area contributed by atoms with Gasteiger partial charge in [0, 0.05) is 24.8 Å². The van der Waals surface area contributed by atoms with Crippen molar-refractivity contribution < 1.29 is 9.59 Å². The molecule has 0 radical (unpaired) electrons. The lowest BCUT2D eigenvalue weighted by atomic mass is 10.0. The highest BCUT2D eigenvalue weighted by molar-refractivity contribution is 7.12. The molecule has 5 heteroatoms. The highest BCUT2D eigenvalue weighted by Gasteiger charge is 2.24. The molecule has 1 aromatic heterocycles. The molecule has 0 aliphatic carbocycles. The maximum Gasteiger partial charge on any atom is 0.268 e. The zero-order valence-electron chi connectivity index (χ0n) is 11.8. The predicted octanol–water partition coefficient (Wildman–Crippen LogP) is 3.30. The van der Waals surface area contributed by atoms with Crippen molar-refractivity contribution in [2.45, 2.75) is 19.8 Å². The number of benzene rings is 1. The Bertz CT molecular complexity index is 680. The molecule has 0 unspecified atom stereocenters. The van der Waals surface area contributed by atoms with E-state index in [2.05, 4.69) is 5.32 Å². The van der Waals surface area contributed by atoms with Gasteiger partial charge >= 0.3 is 0 Å². The van der Waals surface area contributed by atoms with Crippen LogP contribution in [-0.2, 0) is 11.2 Å². The lowest BCUT2D eigenvalue weighted by Gasteiger charge is -2.29. The Kier molecular flexibility index (Phi) is 3.75. The average molecular weight is 300 g/mol. The fraction of sp³-hybridized carbons (Fsp3) is 0.250. The smallest absolute Gasteiger partial charge is 0.268 e. The Morgan fingerprint density at radius 2 is 2.14 bits per heavy atom. The fourth-order valence-corrected chi connectivity index (χ4v) is 3.29. The van der Waals surface area contributed by atoms with E-state index in [0.717, 1.165) is 41.2 Å². The molecule has 2 amide bonds. The van der Waals surface area contributed by atoms with Crippen LogP contribution in [-0.4, -0.2) is 18.4 Å². The Hall–Kier alpha value is -2.14. The summed E-state index contributed by atoms with van der Waals surface area (Å²) < 4.78 is 0. The van der Waals surface area contributed by atoms with E-state index in [9.17, 15) is 9.59 Å². The number of anilines is 2. The number of amides is 2. The SMILES string of the molecule is CC(=O)Nc1ccc2c(c1)CCCN2C(=O)c1cccs1. The maximum atomic E-state index is 12.6. The Balaban J connectivity index is 1.91. The van der Waals surface area contributed by atoms with Gasteiger partial charge in [-0.1, -0.05) is 6.07 Å². The summed E-state index contributed by atoms with van der Waals surface area (Å²) in [6, 6.07) is 9.48. The molecule has 4 nitrogen and oxygen atoms in total. The minimum atomic E-state index is -0.0859. The minimum Gasteiger partial charge on any atom is -0.326 e. The summed E-state index contributed by atoms with van der Waals surface area (Å²) in [6.45, 7) is 2.23. The van der Waals surface area contributed by atoms with Crippen molar-refractivity contribution in [3.05, 3.63) is 46.2 Å². The second-order valence-electron chi connectivity index (χ2n) is 5.06. The molecule has 1 N–H and O–H groups in total. The molecule has 0 saturated heterocycles. The van der Waals surface area contributed by atoms with Crippen molar-refractivity contribution in [3.63, 3.8) is 0 Å². The van der Waals surface area contributed by atoms with Crippen LogP contribution in [0, 0.1) is 0 Å². The maximum absolute atomic E-state index is 12.6. The van der Waals surface area contributed by atoms with Crippen LogP contribution in [0.5, 0.6) is 0 Å². The number of thiophene rings is 1. The number of nitrogens with one attached hydrogen (secondary N) is 1. The first-order chi connectivity index (χ1) is 10.1. The van der Waals surface area contributed by atoms with E-state index in [4.69, 9.17) is 0 Å². The van der Waals surface area contributed by atoms with E-state index < -0.39 is 0 Å². The molecular formula is C16H16N2O2S. The monoisotopic (exact) mass is 300 g/mol. The van der Waals surface area contributed by atoms with Crippen molar-refractivity contribution in [2.24, 2.45) is 0 Å². The van der Waals surface area contributed by atoms with E-state index in [-0.39, 0.29) is 11.8 Å². The predicted molar refractivity (Wildman–Crippen MR) is 85.1 cm³/mol. The summed E-state index contributed by atoms with van der Waals surface area (Å²) in [6.07, 6.45) is 1.87. The van der Waals surface area contributed by atoms with Gasteiger partial charge in [-0.25, -0.2) is 0 Å². The number of nitrogens with zero attached hydrogens (tertiary/aromatic N) is 1. The molecule has 21 heavy (non-hydrogen) atoms. The van der Waals surface area contributed by atoms with Gasteiger partial charge in [0.2, 0.25) is 5.91 Å². The van der Waals surface area contributed by atoms with Crippen molar-refractivity contribution in [1.29, 1.82) is 0 Å². The number of hydrogen-bond acceptors (Lipinski definition) is 3. The molecule has 108 valence electrons. The van der Waals surface area contributed by atoms with Crippen LogP contribution in [0.2, 0.25) is 0 Å². The topological polar surface area (TPSA) is 49.4 Å².